The average molecular weight is 350 g/mol. The van der Waals surface area contributed by atoms with Crippen molar-refractivity contribution >= 4 is 26.6 Å². The lowest BCUT2D eigenvalue weighted by Crippen LogP contribution is -2.41. The van der Waals surface area contributed by atoms with Crippen LogP contribution in [0.2, 0.25) is 0 Å². The maximum Gasteiger partial charge on any atom is 0.270 e. The Morgan fingerprint density at radius 1 is 1.42 bits per heavy atom. The first-order valence-corrected chi connectivity index (χ1v) is 9.86. The second-order valence-electron chi connectivity index (χ2n) is 6.18. The number of nitrogens with one attached hydrogen (secondary N) is 1. The zero-order valence-corrected chi connectivity index (χ0v) is 14.9. The molecule has 1 aromatic carbocycles. The SMILES string of the molecule is CCN(C(=O)c1[nH]c2cc(OC)ccc2c1C)C1CCS(=O)(=O)C1. The molecule has 130 valence electrons. The van der Waals surface area contributed by atoms with E-state index < -0.39 is 9.84 Å². The standard InChI is InChI=1S/C17H22N2O4S/c1-4-19(12-7-8-24(21,22)10-12)17(20)16-11(2)14-6-5-13(23-3)9-15(14)18-16/h5-6,9,12,18H,4,7-8,10H2,1-3H3. The van der Waals surface area contributed by atoms with Crippen molar-refractivity contribution in [2.45, 2.75) is 26.3 Å². The van der Waals surface area contributed by atoms with Gasteiger partial charge in [0.15, 0.2) is 9.84 Å². The zero-order chi connectivity index (χ0) is 17.5. The average Bonchev–Trinajstić information content (AvgIpc) is 3.07. The monoisotopic (exact) mass is 350 g/mol. The Kier molecular flexibility index (Phi) is 4.29. The summed E-state index contributed by atoms with van der Waals surface area (Å²) in [7, 11) is -1.43. The summed E-state index contributed by atoms with van der Waals surface area (Å²) in [6.07, 6.45) is 0.509. The van der Waals surface area contributed by atoms with Gasteiger partial charge >= 0.3 is 0 Å². The smallest absolute Gasteiger partial charge is 0.270 e. The van der Waals surface area contributed by atoms with Crippen LogP contribution in [-0.2, 0) is 9.84 Å². The summed E-state index contributed by atoms with van der Waals surface area (Å²) in [6, 6.07) is 5.40. The largest absolute Gasteiger partial charge is 0.497 e. The number of benzene rings is 1. The minimum Gasteiger partial charge on any atom is -0.497 e. The molecule has 0 bridgehead atoms. The van der Waals surface area contributed by atoms with Crippen LogP contribution in [-0.4, -0.2) is 55.4 Å². The number of carbonyl (C=O) groups is 1. The van der Waals surface area contributed by atoms with Crippen LogP contribution in [0.15, 0.2) is 18.2 Å². The summed E-state index contributed by atoms with van der Waals surface area (Å²) < 4.78 is 28.7. The molecule has 2 aromatic rings. The van der Waals surface area contributed by atoms with Crippen molar-refractivity contribution in [2.24, 2.45) is 0 Å². The van der Waals surface area contributed by atoms with E-state index in [0.717, 1.165) is 22.2 Å². The fourth-order valence-electron chi connectivity index (χ4n) is 3.39. The molecule has 0 aliphatic carbocycles. The Morgan fingerprint density at radius 3 is 2.75 bits per heavy atom. The molecule has 7 heteroatoms. The van der Waals surface area contributed by atoms with Gasteiger partial charge in [-0.15, -0.1) is 0 Å². The van der Waals surface area contributed by atoms with E-state index in [4.69, 9.17) is 4.74 Å². The maximum absolute atomic E-state index is 13.0. The first kappa shape index (κ1) is 16.8. The predicted molar refractivity (Wildman–Crippen MR) is 93.4 cm³/mol. The number of sulfone groups is 1. The number of hydrogen-bond acceptors (Lipinski definition) is 4. The second kappa shape index (κ2) is 6.12. The highest BCUT2D eigenvalue weighted by molar-refractivity contribution is 7.91. The van der Waals surface area contributed by atoms with Crippen molar-refractivity contribution in [3.63, 3.8) is 0 Å². The van der Waals surface area contributed by atoms with E-state index in [-0.39, 0.29) is 23.5 Å². The lowest BCUT2D eigenvalue weighted by atomic mass is 10.1. The summed E-state index contributed by atoms with van der Waals surface area (Å²) >= 11 is 0. The molecule has 1 saturated heterocycles. The highest BCUT2D eigenvalue weighted by atomic mass is 32.2. The van der Waals surface area contributed by atoms with Crippen LogP contribution in [0.25, 0.3) is 10.9 Å². The molecular formula is C17H22N2O4S. The van der Waals surface area contributed by atoms with Crippen LogP contribution >= 0.6 is 0 Å². The van der Waals surface area contributed by atoms with Crippen molar-refractivity contribution in [1.82, 2.24) is 9.88 Å². The van der Waals surface area contributed by atoms with Gasteiger partial charge in [0, 0.05) is 29.6 Å². The first-order valence-electron chi connectivity index (χ1n) is 8.04. The molecule has 3 rings (SSSR count). The van der Waals surface area contributed by atoms with Crippen LogP contribution in [0.1, 0.15) is 29.4 Å². The number of ether oxygens (including phenoxy) is 1. The predicted octanol–water partition coefficient (Wildman–Crippen LogP) is 2.13. The number of rotatable bonds is 4. The third kappa shape index (κ3) is 2.88. The molecule has 1 aromatic heterocycles. The second-order valence-corrected chi connectivity index (χ2v) is 8.41. The molecule has 1 fully saturated rings. The Balaban J connectivity index is 1.96. The topological polar surface area (TPSA) is 79.5 Å². The van der Waals surface area contributed by atoms with Crippen molar-refractivity contribution in [1.29, 1.82) is 0 Å². The molecule has 1 N–H and O–H groups in total. The van der Waals surface area contributed by atoms with Crippen LogP contribution in [0.3, 0.4) is 0 Å². The van der Waals surface area contributed by atoms with Gasteiger partial charge in [-0.25, -0.2) is 8.42 Å². The van der Waals surface area contributed by atoms with Crippen molar-refractivity contribution in [2.75, 3.05) is 25.2 Å². The third-order valence-electron chi connectivity index (χ3n) is 4.73. The number of amides is 1. The molecule has 1 unspecified atom stereocenters. The molecule has 1 aliphatic heterocycles. The van der Waals surface area contributed by atoms with E-state index >= 15 is 0 Å². The fraction of sp³-hybridized carbons (Fsp3) is 0.471. The Labute approximate surface area is 141 Å². The molecule has 2 heterocycles. The summed E-state index contributed by atoms with van der Waals surface area (Å²) in [6.45, 7) is 4.26. The summed E-state index contributed by atoms with van der Waals surface area (Å²) in [5.74, 6) is 0.786. The molecule has 6 nitrogen and oxygen atoms in total. The normalized spacial score (nSPS) is 19.5. The Hall–Kier alpha value is -2.02. The zero-order valence-electron chi connectivity index (χ0n) is 14.1. The minimum absolute atomic E-state index is 0.0552. The molecule has 0 spiro atoms. The highest BCUT2D eigenvalue weighted by Gasteiger charge is 2.35. The van der Waals surface area contributed by atoms with Gasteiger partial charge in [0.2, 0.25) is 0 Å². The van der Waals surface area contributed by atoms with Gasteiger partial charge in [0.25, 0.3) is 5.91 Å². The van der Waals surface area contributed by atoms with E-state index in [9.17, 15) is 13.2 Å². The van der Waals surface area contributed by atoms with Gasteiger partial charge in [-0.1, -0.05) is 0 Å². The number of aryl methyl sites for hydroxylation is 1. The number of methoxy groups -OCH3 is 1. The lowest BCUT2D eigenvalue weighted by Gasteiger charge is -2.26. The quantitative estimate of drug-likeness (QED) is 0.916. The van der Waals surface area contributed by atoms with E-state index in [0.29, 0.717) is 18.7 Å². The number of hydrogen-bond donors (Lipinski definition) is 1. The fourth-order valence-corrected chi connectivity index (χ4v) is 5.12. The van der Waals surface area contributed by atoms with Gasteiger partial charge in [-0.05, 0) is 38.0 Å². The van der Waals surface area contributed by atoms with Crippen LogP contribution in [0.4, 0.5) is 0 Å². The van der Waals surface area contributed by atoms with Crippen molar-refractivity contribution < 1.29 is 17.9 Å². The molecule has 0 saturated carbocycles. The number of aromatic amines is 1. The first-order chi connectivity index (χ1) is 11.4. The van der Waals surface area contributed by atoms with Crippen LogP contribution in [0.5, 0.6) is 5.75 Å². The van der Waals surface area contributed by atoms with Crippen molar-refractivity contribution in [3.8, 4) is 5.75 Å². The number of nitrogens with zero attached hydrogens (tertiary/aromatic N) is 1. The third-order valence-corrected chi connectivity index (χ3v) is 6.48. The molecule has 1 atom stereocenters. The van der Waals surface area contributed by atoms with Crippen molar-refractivity contribution in [3.05, 3.63) is 29.5 Å². The number of aromatic nitrogens is 1. The van der Waals surface area contributed by atoms with E-state index in [1.807, 2.05) is 32.0 Å². The summed E-state index contributed by atoms with van der Waals surface area (Å²) in [5.41, 5.74) is 2.23. The number of carbonyl (C=O) groups excluding carboxylic acids is 1. The Bertz CT molecular complexity index is 885. The highest BCUT2D eigenvalue weighted by Crippen LogP contribution is 2.27. The lowest BCUT2D eigenvalue weighted by molar-refractivity contribution is 0.0702. The Morgan fingerprint density at radius 2 is 2.17 bits per heavy atom. The molecule has 1 aliphatic rings. The van der Waals surface area contributed by atoms with Gasteiger partial charge in [-0.2, -0.15) is 0 Å². The minimum atomic E-state index is -3.03. The molecule has 24 heavy (non-hydrogen) atoms. The summed E-state index contributed by atoms with van der Waals surface area (Å²) in [5, 5.41) is 0.967. The van der Waals surface area contributed by atoms with E-state index in [1.54, 1.807) is 12.0 Å². The molecule has 0 radical (unpaired) electrons. The van der Waals surface area contributed by atoms with Gasteiger partial charge in [-0.3, -0.25) is 4.79 Å². The number of fused-ring (bicyclic) bond motifs is 1. The van der Waals surface area contributed by atoms with E-state index in [1.165, 1.54) is 0 Å². The molecule has 1 amide bonds. The van der Waals surface area contributed by atoms with E-state index in [2.05, 4.69) is 4.98 Å². The van der Waals surface area contributed by atoms with Gasteiger partial charge < -0.3 is 14.6 Å². The van der Waals surface area contributed by atoms with Gasteiger partial charge in [0.05, 0.1) is 18.6 Å². The number of H-pyrrole nitrogens is 1. The van der Waals surface area contributed by atoms with Crippen LogP contribution < -0.4 is 4.74 Å². The van der Waals surface area contributed by atoms with Crippen LogP contribution in [0, 0.1) is 6.92 Å². The summed E-state index contributed by atoms with van der Waals surface area (Å²) in [4.78, 5) is 17.8. The maximum atomic E-state index is 13.0. The molecular weight excluding hydrogens is 328 g/mol. The van der Waals surface area contributed by atoms with Gasteiger partial charge in [0.1, 0.15) is 11.4 Å².